The highest BCUT2D eigenvalue weighted by atomic mass is 32.2. The highest BCUT2D eigenvalue weighted by Crippen LogP contribution is 2.31. The minimum atomic E-state index is -3.70. The smallest absolute Gasteiger partial charge is 0.260 e. The first kappa shape index (κ1) is 23.1. The quantitative estimate of drug-likeness (QED) is 0.522. The Hall–Kier alpha value is -3.04. The monoisotopic (exact) mass is 468 g/mol. The Bertz CT molecular complexity index is 1260. The van der Waals surface area contributed by atoms with E-state index in [0.29, 0.717) is 23.0 Å². The zero-order chi connectivity index (χ0) is 23.6. The summed E-state index contributed by atoms with van der Waals surface area (Å²) in [4.78, 5) is 17.6. The number of hydrogen-bond acceptors (Lipinski definition) is 6. The van der Waals surface area contributed by atoms with E-state index in [2.05, 4.69) is 20.2 Å². The van der Waals surface area contributed by atoms with Gasteiger partial charge in [-0.2, -0.15) is 4.98 Å². The van der Waals surface area contributed by atoms with Gasteiger partial charge in [-0.05, 0) is 49.6 Å². The molecule has 4 rings (SSSR count). The molecule has 8 nitrogen and oxygen atoms in total. The molecule has 2 aromatic carbocycles. The fourth-order valence-corrected chi connectivity index (χ4v) is 5.26. The molecule has 1 saturated carbocycles. The number of benzene rings is 2. The molecule has 0 bridgehead atoms. The van der Waals surface area contributed by atoms with Gasteiger partial charge in [-0.1, -0.05) is 50.0 Å². The van der Waals surface area contributed by atoms with Gasteiger partial charge in [0.15, 0.2) is 5.82 Å². The van der Waals surface area contributed by atoms with Gasteiger partial charge in [-0.15, -0.1) is 0 Å². The van der Waals surface area contributed by atoms with Gasteiger partial charge in [0.25, 0.3) is 11.8 Å². The maximum atomic E-state index is 13.1. The number of hydrogen-bond donors (Lipinski definition) is 2. The molecule has 0 atom stereocenters. The van der Waals surface area contributed by atoms with E-state index in [0.717, 1.165) is 31.2 Å². The summed E-state index contributed by atoms with van der Waals surface area (Å²) in [5.74, 6) is 0.575. The first-order chi connectivity index (χ1) is 15.7. The maximum absolute atomic E-state index is 13.1. The van der Waals surface area contributed by atoms with Crippen molar-refractivity contribution in [3.8, 4) is 11.5 Å². The summed E-state index contributed by atoms with van der Waals surface area (Å²) in [6, 6.07) is 11.5. The summed E-state index contributed by atoms with van der Waals surface area (Å²) in [5.41, 5.74) is 2.21. The molecule has 174 valence electrons. The number of para-hydroxylation sites is 1. The van der Waals surface area contributed by atoms with Crippen molar-refractivity contribution in [3.05, 3.63) is 59.4 Å². The SMILES string of the molecule is Cc1cccc(-c2nc(C(C)C)no2)c1NC(=O)c1cccc(S(=O)(=O)NC2CCCC2)c1. The molecule has 1 aromatic heterocycles. The van der Waals surface area contributed by atoms with Crippen molar-refractivity contribution in [3.63, 3.8) is 0 Å². The predicted octanol–water partition coefficient (Wildman–Crippen LogP) is 4.64. The number of aryl methyl sites for hydroxylation is 1. The van der Waals surface area contributed by atoms with E-state index >= 15 is 0 Å². The Balaban J connectivity index is 1.60. The molecule has 0 aliphatic heterocycles. The van der Waals surface area contributed by atoms with E-state index in [4.69, 9.17) is 4.52 Å². The lowest BCUT2D eigenvalue weighted by atomic mass is 10.1. The molecule has 1 fully saturated rings. The highest BCUT2D eigenvalue weighted by Gasteiger charge is 2.24. The van der Waals surface area contributed by atoms with Crippen LogP contribution in [0.4, 0.5) is 5.69 Å². The van der Waals surface area contributed by atoms with Crippen LogP contribution >= 0.6 is 0 Å². The van der Waals surface area contributed by atoms with Crippen LogP contribution in [0.3, 0.4) is 0 Å². The second-order valence-electron chi connectivity index (χ2n) is 8.69. The Morgan fingerprint density at radius 1 is 1.12 bits per heavy atom. The van der Waals surface area contributed by atoms with Crippen LogP contribution in [0.25, 0.3) is 11.5 Å². The summed E-state index contributed by atoms with van der Waals surface area (Å²) < 4.78 is 33.8. The second-order valence-corrected chi connectivity index (χ2v) is 10.4. The zero-order valence-electron chi connectivity index (χ0n) is 19.0. The van der Waals surface area contributed by atoms with Gasteiger partial charge in [0.2, 0.25) is 10.0 Å². The van der Waals surface area contributed by atoms with Gasteiger partial charge in [-0.3, -0.25) is 4.79 Å². The third-order valence-electron chi connectivity index (χ3n) is 5.78. The third-order valence-corrected chi connectivity index (χ3v) is 7.30. The maximum Gasteiger partial charge on any atom is 0.260 e. The third kappa shape index (κ3) is 5.15. The summed E-state index contributed by atoms with van der Waals surface area (Å²) in [6.07, 6.45) is 3.72. The minimum Gasteiger partial charge on any atom is -0.334 e. The van der Waals surface area contributed by atoms with Crippen molar-refractivity contribution in [1.82, 2.24) is 14.9 Å². The largest absolute Gasteiger partial charge is 0.334 e. The van der Waals surface area contributed by atoms with Crippen LogP contribution in [0.15, 0.2) is 51.9 Å². The van der Waals surface area contributed by atoms with Crippen molar-refractivity contribution in [2.75, 3.05) is 5.32 Å². The molecule has 1 aliphatic carbocycles. The molecule has 3 aromatic rings. The first-order valence-electron chi connectivity index (χ1n) is 11.1. The van der Waals surface area contributed by atoms with Crippen molar-refractivity contribution < 1.29 is 17.7 Å². The van der Waals surface area contributed by atoms with E-state index in [1.807, 2.05) is 32.9 Å². The number of rotatable bonds is 7. The van der Waals surface area contributed by atoms with Gasteiger partial charge < -0.3 is 9.84 Å². The molecule has 0 unspecified atom stereocenters. The average molecular weight is 469 g/mol. The van der Waals surface area contributed by atoms with Crippen LogP contribution < -0.4 is 10.0 Å². The lowest BCUT2D eigenvalue weighted by Gasteiger charge is -2.14. The van der Waals surface area contributed by atoms with Crippen LogP contribution in [-0.4, -0.2) is 30.5 Å². The van der Waals surface area contributed by atoms with Crippen molar-refractivity contribution >= 4 is 21.6 Å². The molecule has 9 heteroatoms. The molecule has 1 aliphatic rings. The van der Waals surface area contributed by atoms with E-state index < -0.39 is 15.9 Å². The number of nitrogens with zero attached hydrogens (tertiary/aromatic N) is 2. The summed E-state index contributed by atoms with van der Waals surface area (Å²) in [6.45, 7) is 5.80. The van der Waals surface area contributed by atoms with Crippen LogP contribution in [0.5, 0.6) is 0 Å². The average Bonchev–Trinajstić information content (AvgIpc) is 3.47. The predicted molar refractivity (Wildman–Crippen MR) is 126 cm³/mol. The fraction of sp³-hybridized carbons (Fsp3) is 0.375. The summed E-state index contributed by atoms with van der Waals surface area (Å²) in [7, 11) is -3.70. The van der Waals surface area contributed by atoms with Gasteiger partial charge in [-0.25, -0.2) is 13.1 Å². The Morgan fingerprint density at radius 2 is 1.85 bits per heavy atom. The van der Waals surface area contributed by atoms with Crippen LogP contribution in [0.2, 0.25) is 0 Å². The molecular formula is C24H28N4O4S. The van der Waals surface area contributed by atoms with Crippen molar-refractivity contribution in [2.45, 2.75) is 63.3 Å². The number of anilines is 1. The number of nitrogens with one attached hydrogen (secondary N) is 2. The molecule has 33 heavy (non-hydrogen) atoms. The van der Waals surface area contributed by atoms with Crippen LogP contribution in [0.1, 0.15) is 67.2 Å². The van der Waals surface area contributed by atoms with Gasteiger partial charge in [0.1, 0.15) is 0 Å². The summed E-state index contributed by atoms with van der Waals surface area (Å²) >= 11 is 0. The number of sulfonamides is 1. The summed E-state index contributed by atoms with van der Waals surface area (Å²) in [5, 5.41) is 6.91. The standard InChI is InChI=1S/C24H28N4O4S/c1-15(2)22-26-24(32-27-22)20-13-6-8-16(3)21(20)25-23(29)17-9-7-12-19(14-17)33(30,31)28-18-10-4-5-11-18/h6-9,12-15,18,28H,4-5,10-11H2,1-3H3,(H,25,29). The van der Waals surface area contributed by atoms with Gasteiger partial charge in [0.05, 0.1) is 16.1 Å². The first-order valence-corrected chi connectivity index (χ1v) is 12.6. The topological polar surface area (TPSA) is 114 Å². The minimum absolute atomic E-state index is 0.0489. The number of aromatic nitrogens is 2. The van der Waals surface area contributed by atoms with Crippen molar-refractivity contribution in [1.29, 1.82) is 0 Å². The fourth-order valence-electron chi connectivity index (χ4n) is 3.91. The molecule has 0 saturated heterocycles. The van der Waals surface area contributed by atoms with Crippen LogP contribution in [-0.2, 0) is 10.0 Å². The molecule has 1 amide bonds. The van der Waals surface area contributed by atoms with E-state index in [1.165, 1.54) is 12.1 Å². The van der Waals surface area contributed by atoms with Gasteiger partial charge >= 0.3 is 0 Å². The Morgan fingerprint density at radius 3 is 2.55 bits per heavy atom. The molecule has 1 heterocycles. The number of amides is 1. The van der Waals surface area contributed by atoms with Gasteiger partial charge in [0, 0.05) is 17.5 Å². The highest BCUT2D eigenvalue weighted by molar-refractivity contribution is 7.89. The molecule has 2 N–H and O–H groups in total. The lowest BCUT2D eigenvalue weighted by molar-refractivity contribution is 0.102. The molecule has 0 radical (unpaired) electrons. The van der Waals surface area contributed by atoms with E-state index in [-0.39, 0.29) is 22.4 Å². The lowest BCUT2D eigenvalue weighted by Crippen LogP contribution is -2.32. The molecule has 0 spiro atoms. The Kier molecular flexibility index (Phi) is 6.62. The number of carbonyl (C=O) groups excluding carboxylic acids is 1. The van der Waals surface area contributed by atoms with E-state index in [1.54, 1.807) is 18.2 Å². The van der Waals surface area contributed by atoms with E-state index in [9.17, 15) is 13.2 Å². The Labute approximate surface area is 193 Å². The molecular weight excluding hydrogens is 440 g/mol. The normalized spacial score (nSPS) is 14.7. The second kappa shape index (κ2) is 9.44. The number of carbonyl (C=O) groups is 1. The zero-order valence-corrected chi connectivity index (χ0v) is 19.8. The van der Waals surface area contributed by atoms with Crippen molar-refractivity contribution in [2.24, 2.45) is 0 Å². The van der Waals surface area contributed by atoms with Crippen LogP contribution in [0, 0.1) is 6.92 Å².